The van der Waals surface area contributed by atoms with E-state index in [0.717, 1.165) is 28.8 Å². The first-order valence-corrected chi connectivity index (χ1v) is 10.1. The van der Waals surface area contributed by atoms with Gasteiger partial charge in [0.05, 0.1) is 17.1 Å². The summed E-state index contributed by atoms with van der Waals surface area (Å²) < 4.78 is 6.77. The van der Waals surface area contributed by atoms with Gasteiger partial charge in [0.2, 0.25) is 11.8 Å². The highest BCUT2D eigenvalue weighted by molar-refractivity contribution is 5.81. The first-order chi connectivity index (χ1) is 14.6. The van der Waals surface area contributed by atoms with Crippen LogP contribution in [-0.4, -0.2) is 41.6 Å². The Kier molecular flexibility index (Phi) is 7.57. The van der Waals surface area contributed by atoms with Gasteiger partial charge in [0.15, 0.2) is 0 Å². The molecule has 3 aromatic rings. The number of hydrogen-bond acceptors (Lipinski definition) is 4. The second-order valence-electron chi connectivity index (χ2n) is 7.19. The molecule has 2 aromatic carbocycles. The third-order valence-electron chi connectivity index (χ3n) is 4.89. The van der Waals surface area contributed by atoms with E-state index >= 15 is 0 Å². The van der Waals surface area contributed by atoms with E-state index in [1.165, 1.54) is 7.11 Å². The molecule has 0 aliphatic carbocycles. The molecule has 30 heavy (non-hydrogen) atoms. The molecule has 0 aliphatic rings. The summed E-state index contributed by atoms with van der Waals surface area (Å²) in [5.74, 6) is 0.629. The van der Waals surface area contributed by atoms with Gasteiger partial charge in [0.25, 0.3) is 0 Å². The highest BCUT2D eigenvalue weighted by Gasteiger charge is 2.15. The smallest absolute Gasteiger partial charge is 0.245 e. The number of nitrogens with one attached hydrogen (secondary N) is 2. The van der Waals surface area contributed by atoms with E-state index in [-0.39, 0.29) is 31.0 Å². The molecule has 0 saturated heterocycles. The lowest BCUT2D eigenvalue weighted by Crippen LogP contribution is -2.31. The maximum atomic E-state index is 12.8. The molecule has 7 heteroatoms. The fourth-order valence-corrected chi connectivity index (χ4v) is 3.40. The van der Waals surface area contributed by atoms with Gasteiger partial charge in [-0.1, -0.05) is 42.5 Å². The van der Waals surface area contributed by atoms with Crippen LogP contribution in [0.3, 0.4) is 0 Å². The third-order valence-corrected chi connectivity index (χ3v) is 4.89. The number of carbonyl (C=O) groups is 2. The highest BCUT2D eigenvalue weighted by Crippen LogP contribution is 2.18. The van der Waals surface area contributed by atoms with Gasteiger partial charge >= 0.3 is 0 Å². The van der Waals surface area contributed by atoms with E-state index in [4.69, 9.17) is 9.72 Å². The van der Waals surface area contributed by atoms with Gasteiger partial charge < -0.3 is 19.9 Å². The van der Waals surface area contributed by atoms with Crippen molar-refractivity contribution in [3.8, 4) is 0 Å². The molecule has 2 N–H and O–H groups in total. The summed E-state index contributed by atoms with van der Waals surface area (Å²) in [7, 11) is 1.49. The molecule has 0 aliphatic heterocycles. The van der Waals surface area contributed by atoms with Crippen LogP contribution in [0, 0.1) is 0 Å². The van der Waals surface area contributed by atoms with Crippen molar-refractivity contribution in [3.05, 3.63) is 66.0 Å². The van der Waals surface area contributed by atoms with E-state index in [0.29, 0.717) is 13.0 Å². The van der Waals surface area contributed by atoms with Gasteiger partial charge in [-0.3, -0.25) is 9.59 Å². The second-order valence-corrected chi connectivity index (χ2v) is 7.19. The number of imidazole rings is 1. The van der Waals surface area contributed by atoms with Crippen molar-refractivity contribution in [2.24, 2.45) is 0 Å². The number of methoxy groups -OCH3 is 1. The Hall–Kier alpha value is -3.19. The Labute approximate surface area is 176 Å². The number of hydrogen-bond donors (Lipinski definition) is 2. The molecular weight excluding hydrogens is 380 g/mol. The minimum Gasteiger partial charge on any atom is -0.375 e. The average molecular weight is 409 g/mol. The molecule has 0 radical (unpaired) electrons. The van der Waals surface area contributed by atoms with Crippen molar-refractivity contribution in [2.75, 3.05) is 20.3 Å². The van der Waals surface area contributed by atoms with Gasteiger partial charge in [-0.2, -0.15) is 0 Å². The monoisotopic (exact) mass is 408 g/mol. The zero-order chi connectivity index (χ0) is 21.3. The van der Waals surface area contributed by atoms with E-state index < -0.39 is 0 Å². The molecule has 1 unspecified atom stereocenters. The fraction of sp³-hybridized carbons (Fsp3) is 0.348. The summed E-state index contributed by atoms with van der Waals surface area (Å²) in [6.45, 7) is 2.76. The van der Waals surface area contributed by atoms with Gasteiger partial charge in [0, 0.05) is 20.1 Å². The van der Waals surface area contributed by atoms with Crippen LogP contribution < -0.4 is 10.6 Å². The molecule has 3 rings (SSSR count). The molecular formula is C23H28N4O3. The number of ether oxygens (including phenoxy) is 1. The molecule has 7 nitrogen and oxygen atoms in total. The van der Waals surface area contributed by atoms with Crippen molar-refractivity contribution in [1.29, 1.82) is 0 Å². The van der Waals surface area contributed by atoms with Crippen molar-refractivity contribution in [2.45, 2.75) is 32.4 Å². The Morgan fingerprint density at radius 1 is 1.07 bits per heavy atom. The lowest BCUT2D eigenvalue weighted by molar-refractivity contribution is -0.124. The van der Waals surface area contributed by atoms with Crippen LogP contribution in [0.15, 0.2) is 54.6 Å². The molecule has 1 aromatic heterocycles. The Bertz CT molecular complexity index is 985. The normalized spacial score (nSPS) is 11.9. The standard InChI is InChI=1S/C23H28N4O3/c1-17(18-9-4-3-5-10-18)25-22(28)15-27-20-12-7-6-11-19(20)26-21(27)13-8-14-24-23(29)16-30-2/h3-7,9-12,17H,8,13-16H2,1-2H3,(H,24,29)(H,25,28). The third kappa shape index (κ3) is 5.67. The van der Waals surface area contributed by atoms with Crippen LogP contribution in [-0.2, 0) is 27.3 Å². The van der Waals surface area contributed by atoms with Crippen LogP contribution in [0.25, 0.3) is 11.0 Å². The topological polar surface area (TPSA) is 85.2 Å². The summed E-state index contributed by atoms with van der Waals surface area (Å²) in [5, 5.41) is 5.88. The lowest BCUT2D eigenvalue weighted by Gasteiger charge is -2.16. The number of rotatable bonds is 10. The maximum absolute atomic E-state index is 12.8. The first kappa shape index (κ1) is 21.5. The van der Waals surface area contributed by atoms with Gasteiger partial charge in [0.1, 0.15) is 19.0 Å². The average Bonchev–Trinajstić information content (AvgIpc) is 3.09. The highest BCUT2D eigenvalue weighted by atomic mass is 16.5. The Morgan fingerprint density at radius 3 is 2.57 bits per heavy atom. The fourth-order valence-electron chi connectivity index (χ4n) is 3.40. The number of nitrogens with zero attached hydrogens (tertiary/aromatic N) is 2. The molecule has 2 amide bonds. The van der Waals surface area contributed by atoms with Crippen LogP contribution in [0.1, 0.15) is 30.8 Å². The minimum atomic E-state index is -0.139. The summed E-state index contributed by atoms with van der Waals surface area (Å²) >= 11 is 0. The van der Waals surface area contributed by atoms with E-state index in [2.05, 4.69) is 10.6 Å². The molecule has 1 atom stereocenters. The minimum absolute atomic E-state index is 0.0539. The Morgan fingerprint density at radius 2 is 1.80 bits per heavy atom. The number of para-hydroxylation sites is 2. The zero-order valence-corrected chi connectivity index (χ0v) is 17.4. The van der Waals surface area contributed by atoms with Crippen LogP contribution in [0.5, 0.6) is 0 Å². The van der Waals surface area contributed by atoms with Crippen molar-refractivity contribution in [3.63, 3.8) is 0 Å². The largest absolute Gasteiger partial charge is 0.375 e. The number of carbonyl (C=O) groups excluding carboxylic acids is 2. The van der Waals surface area contributed by atoms with Crippen molar-refractivity contribution in [1.82, 2.24) is 20.2 Å². The summed E-state index contributed by atoms with van der Waals surface area (Å²) in [4.78, 5) is 29.0. The van der Waals surface area contributed by atoms with Crippen molar-refractivity contribution < 1.29 is 14.3 Å². The number of aryl methyl sites for hydroxylation is 1. The van der Waals surface area contributed by atoms with Crippen LogP contribution in [0.4, 0.5) is 0 Å². The molecule has 0 spiro atoms. The maximum Gasteiger partial charge on any atom is 0.245 e. The number of fused-ring (bicyclic) bond motifs is 1. The van der Waals surface area contributed by atoms with Crippen molar-refractivity contribution >= 4 is 22.8 Å². The van der Waals surface area contributed by atoms with Crippen LogP contribution >= 0.6 is 0 Å². The van der Waals surface area contributed by atoms with Gasteiger partial charge in [-0.05, 0) is 31.0 Å². The number of aromatic nitrogens is 2. The van der Waals surface area contributed by atoms with E-state index in [1.807, 2.05) is 66.1 Å². The summed E-state index contributed by atoms with van der Waals surface area (Å²) in [6, 6.07) is 17.6. The number of amides is 2. The summed E-state index contributed by atoms with van der Waals surface area (Å²) in [6.07, 6.45) is 1.38. The zero-order valence-electron chi connectivity index (χ0n) is 17.4. The first-order valence-electron chi connectivity index (χ1n) is 10.1. The summed E-state index contributed by atoms with van der Waals surface area (Å²) in [5.41, 5.74) is 2.85. The quantitative estimate of drug-likeness (QED) is 0.505. The number of benzene rings is 2. The Balaban J connectivity index is 1.66. The predicted molar refractivity (Wildman–Crippen MR) is 116 cm³/mol. The SMILES string of the molecule is COCC(=O)NCCCc1nc2ccccc2n1CC(=O)NC(C)c1ccccc1. The van der Waals surface area contributed by atoms with Crippen LogP contribution in [0.2, 0.25) is 0 Å². The predicted octanol–water partition coefficient (Wildman–Crippen LogP) is 2.61. The van der Waals surface area contributed by atoms with Gasteiger partial charge in [-0.15, -0.1) is 0 Å². The molecule has 158 valence electrons. The van der Waals surface area contributed by atoms with Gasteiger partial charge in [-0.25, -0.2) is 4.98 Å². The molecule has 0 saturated carbocycles. The molecule has 1 heterocycles. The second kappa shape index (κ2) is 10.5. The van der Waals surface area contributed by atoms with E-state index in [1.54, 1.807) is 0 Å². The lowest BCUT2D eigenvalue weighted by atomic mass is 10.1. The van der Waals surface area contributed by atoms with E-state index in [9.17, 15) is 9.59 Å². The molecule has 0 bridgehead atoms. The molecule has 0 fully saturated rings.